The summed E-state index contributed by atoms with van der Waals surface area (Å²) in [5.74, 6) is -0.226. The number of carbonyl (C=O) groups is 1. The van der Waals surface area contributed by atoms with Crippen LogP contribution in [-0.2, 0) is 13.0 Å². The van der Waals surface area contributed by atoms with E-state index in [1.165, 1.54) is 11.1 Å². The standard InChI is InChI=1S/C22H20ClN3O/c1-15-12-18(23)6-8-20(15)25-22(27)21-9-7-19(13-24-21)26-11-10-16-4-2-3-5-17(16)14-26/h2-9,12-13H,10-11,14H2,1H3,(H,25,27). The summed E-state index contributed by atoms with van der Waals surface area (Å²) in [6.07, 6.45) is 2.80. The van der Waals surface area contributed by atoms with Crippen LogP contribution >= 0.6 is 11.6 Å². The molecule has 0 saturated heterocycles. The number of nitrogens with one attached hydrogen (secondary N) is 1. The molecule has 1 aliphatic rings. The third kappa shape index (κ3) is 3.81. The molecule has 2 aromatic carbocycles. The number of hydrogen-bond acceptors (Lipinski definition) is 3. The number of amides is 1. The highest BCUT2D eigenvalue weighted by Gasteiger charge is 2.17. The highest BCUT2D eigenvalue weighted by molar-refractivity contribution is 6.30. The van der Waals surface area contributed by atoms with Gasteiger partial charge >= 0.3 is 0 Å². The smallest absolute Gasteiger partial charge is 0.274 e. The summed E-state index contributed by atoms with van der Waals surface area (Å²) < 4.78 is 0. The van der Waals surface area contributed by atoms with Crippen LogP contribution in [0.5, 0.6) is 0 Å². The summed E-state index contributed by atoms with van der Waals surface area (Å²) in [4.78, 5) is 19.1. The van der Waals surface area contributed by atoms with Crippen molar-refractivity contribution in [2.45, 2.75) is 19.9 Å². The molecule has 0 atom stereocenters. The van der Waals surface area contributed by atoms with Gasteiger partial charge in [0.2, 0.25) is 0 Å². The van der Waals surface area contributed by atoms with Gasteiger partial charge in [-0.3, -0.25) is 4.79 Å². The highest BCUT2D eigenvalue weighted by atomic mass is 35.5. The second-order valence-corrected chi connectivity index (χ2v) is 7.19. The monoisotopic (exact) mass is 377 g/mol. The molecular formula is C22H20ClN3O. The van der Waals surface area contributed by atoms with Crippen molar-refractivity contribution in [3.63, 3.8) is 0 Å². The number of halogens is 1. The van der Waals surface area contributed by atoms with Crippen LogP contribution < -0.4 is 10.2 Å². The zero-order valence-electron chi connectivity index (χ0n) is 15.1. The first-order chi connectivity index (χ1) is 13.1. The van der Waals surface area contributed by atoms with Crippen molar-refractivity contribution < 1.29 is 4.79 Å². The molecule has 4 nitrogen and oxygen atoms in total. The van der Waals surface area contributed by atoms with E-state index in [1.54, 1.807) is 24.4 Å². The Morgan fingerprint density at radius 2 is 1.93 bits per heavy atom. The maximum absolute atomic E-state index is 12.5. The lowest BCUT2D eigenvalue weighted by atomic mass is 10.00. The third-order valence-electron chi connectivity index (χ3n) is 4.91. The van der Waals surface area contributed by atoms with Crippen LogP contribution in [0.15, 0.2) is 60.8 Å². The highest BCUT2D eigenvalue weighted by Crippen LogP contribution is 2.24. The molecule has 4 rings (SSSR count). The fourth-order valence-corrected chi connectivity index (χ4v) is 3.60. The molecule has 0 unspecified atom stereocenters. The number of aryl methyl sites for hydroxylation is 1. The number of rotatable bonds is 3. The Morgan fingerprint density at radius 1 is 1.11 bits per heavy atom. The molecule has 1 aliphatic heterocycles. The Kier molecular flexibility index (Phi) is 4.82. The quantitative estimate of drug-likeness (QED) is 0.709. The van der Waals surface area contributed by atoms with Crippen LogP contribution in [0.1, 0.15) is 27.2 Å². The van der Waals surface area contributed by atoms with E-state index in [1.807, 2.05) is 19.1 Å². The minimum absolute atomic E-state index is 0.226. The first kappa shape index (κ1) is 17.6. The molecule has 0 radical (unpaired) electrons. The Morgan fingerprint density at radius 3 is 2.67 bits per heavy atom. The van der Waals surface area contributed by atoms with Crippen LogP contribution in [0.4, 0.5) is 11.4 Å². The van der Waals surface area contributed by atoms with Gasteiger partial charge in [-0.1, -0.05) is 35.9 Å². The van der Waals surface area contributed by atoms with Crippen molar-refractivity contribution in [1.29, 1.82) is 0 Å². The number of aromatic nitrogens is 1. The molecular weight excluding hydrogens is 358 g/mol. The SMILES string of the molecule is Cc1cc(Cl)ccc1NC(=O)c1ccc(N2CCc3ccccc3C2)cn1. The predicted octanol–water partition coefficient (Wildman–Crippen LogP) is 4.86. The summed E-state index contributed by atoms with van der Waals surface area (Å²) in [5.41, 5.74) is 5.84. The molecule has 27 heavy (non-hydrogen) atoms. The molecule has 0 fully saturated rings. The molecule has 0 saturated carbocycles. The van der Waals surface area contributed by atoms with Crippen molar-refractivity contribution >= 4 is 28.9 Å². The zero-order chi connectivity index (χ0) is 18.8. The van der Waals surface area contributed by atoms with E-state index in [0.29, 0.717) is 10.7 Å². The van der Waals surface area contributed by atoms with E-state index in [0.717, 1.165) is 36.4 Å². The number of benzene rings is 2. The zero-order valence-corrected chi connectivity index (χ0v) is 15.8. The van der Waals surface area contributed by atoms with Crippen molar-refractivity contribution in [3.05, 3.63) is 88.2 Å². The molecule has 0 bridgehead atoms. The summed E-state index contributed by atoms with van der Waals surface area (Å²) in [7, 11) is 0. The van der Waals surface area contributed by atoms with Crippen LogP contribution in [0.3, 0.4) is 0 Å². The lowest BCUT2D eigenvalue weighted by molar-refractivity contribution is 0.102. The average Bonchev–Trinajstić information content (AvgIpc) is 2.70. The molecule has 2 heterocycles. The number of hydrogen-bond donors (Lipinski definition) is 1. The Hall–Kier alpha value is -2.85. The summed E-state index contributed by atoms with van der Waals surface area (Å²) in [5, 5.41) is 3.54. The predicted molar refractivity (Wildman–Crippen MR) is 110 cm³/mol. The van der Waals surface area contributed by atoms with Gasteiger partial charge in [0.1, 0.15) is 5.69 Å². The van der Waals surface area contributed by atoms with Crippen molar-refractivity contribution in [1.82, 2.24) is 4.98 Å². The number of anilines is 2. The fraction of sp³-hybridized carbons (Fsp3) is 0.182. The topological polar surface area (TPSA) is 45.2 Å². The first-order valence-electron chi connectivity index (χ1n) is 8.95. The Labute approximate surface area is 163 Å². The van der Waals surface area contributed by atoms with E-state index in [9.17, 15) is 4.79 Å². The number of nitrogens with zero attached hydrogens (tertiary/aromatic N) is 2. The van der Waals surface area contributed by atoms with Crippen LogP contribution in [-0.4, -0.2) is 17.4 Å². The van der Waals surface area contributed by atoms with Gasteiger partial charge in [0.05, 0.1) is 11.9 Å². The Balaban J connectivity index is 1.47. The van der Waals surface area contributed by atoms with Crippen molar-refractivity contribution in [3.8, 4) is 0 Å². The van der Waals surface area contributed by atoms with E-state index >= 15 is 0 Å². The lowest BCUT2D eigenvalue weighted by Crippen LogP contribution is -2.30. The van der Waals surface area contributed by atoms with E-state index in [2.05, 4.69) is 39.5 Å². The van der Waals surface area contributed by atoms with Gasteiger partial charge in [0, 0.05) is 23.8 Å². The van der Waals surface area contributed by atoms with Crippen molar-refractivity contribution in [2.75, 3.05) is 16.8 Å². The third-order valence-corrected chi connectivity index (χ3v) is 5.15. The summed E-state index contributed by atoms with van der Waals surface area (Å²) in [6.45, 7) is 3.73. The van der Waals surface area contributed by atoms with E-state index in [-0.39, 0.29) is 5.91 Å². The number of carbonyl (C=O) groups excluding carboxylic acids is 1. The second-order valence-electron chi connectivity index (χ2n) is 6.76. The minimum Gasteiger partial charge on any atom is -0.366 e. The number of fused-ring (bicyclic) bond motifs is 1. The Bertz CT molecular complexity index is 985. The van der Waals surface area contributed by atoms with Crippen LogP contribution in [0.2, 0.25) is 5.02 Å². The molecule has 0 spiro atoms. The molecule has 0 aliphatic carbocycles. The second kappa shape index (κ2) is 7.41. The molecule has 1 N–H and O–H groups in total. The van der Waals surface area contributed by atoms with Gasteiger partial charge in [0.15, 0.2) is 0 Å². The maximum Gasteiger partial charge on any atom is 0.274 e. The maximum atomic E-state index is 12.5. The van der Waals surface area contributed by atoms with E-state index in [4.69, 9.17) is 11.6 Å². The molecule has 136 valence electrons. The van der Waals surface area contributed by atoms with Gasteiger partial charge in [-0.25, -0.2) is 4.98 Å². The van der Waals surface area contributed by atoms with Crippen molar-refractivity contribution in [2.24, 2.45) is 0 Å². The van der Waals surface area contributed by atoms with Gasteiger partial charge in [-0.15, -0.1) is 0 Å². The average molecular weight is 378 g/mol. The normalized spacial score (nSPS) is 13.2. The van der Waals surface area contributed by atoms with Gasteiger partial charge in [-0.2, -0.15) is 0 Å². The van der Waals surface area contributed by atoms with Crippen LogP contribution in [0.25, 0.3) is 0 Å². The molecule has 1 amide bonds. The summed E-state index contributed by atoms with van der Waals surface area (Å²) in [6, 6.07) is 17.6. The largest absolute Gasteiger partial charge is 0.366 e. The number of pyridine rings is 1. The van der Waals surface area contributed by atoms with Crippen LogP contribution in [0, 0.1) is 6.92 Å². The lowest BCUT2D eigenvalue weighted by Gasteiger charge is -2.30. The minimum atomic E-state index is -0.226. The van der Waals surface area contributed by atoms with Gasteiger partial charge in [-0.05, 0) is 60.4 Å². The first-order valence-corrected chi connectivity index (χ1v) is 9.33. The van der Waals surface area contributed by atoms with Gasteiger partial charge < -0.3 is 10.2 Å². The fourth-order valence-electron chi connectivity index (χ4n) is 3.38. The molecule has 1 aromatic heterocycles. The summed E-state index contributed by atoms with van der Waals surface area (Å²) >= 11 is 5.96. The molecule has 3 aromatic rings. The molecule has 5 heteroatoms. The van der Waals surface area contributed by atoms with Gasteiger partial charge in [0.25, 0.3) is 5.91 Å². The van der Waals surface area contributed by atoms with E-state index < -0.39 is 0 Å².